The van der Waals surface area contributed by atoms with Gasteiger partial charge in [0.1, 0.15) is 10.4 Å². The predicted molar refractivity (Wildman–Crippen MR) is 45.0 cm³/mol. The quantitative estimate of drug-likeness (QED) is 0.684. The topological polar surface area (TPSA) is 17.8 Å². The Kier molecular flexibility index (Phi) is 2.14. The number of rotatable bonds is 1. The Balaban J connectivity index is 3.03. The van der Waals surface area contributed by atoms with Gasteiger partial charge < -0.3 is 4.57 Å². The molecule has 0 aliphatic rings. The van der Waals surface area contributed by atoms with E-state index in [1.807, 2.05) is 17.8 Å². The van der Waals surface area contributed by atoms with Crippen LogP contribution in [0.5, 0.6) is 0 Å². The zero-order valence-corrected chi connectivity index (χ0v) is 8.01. The number of halogens is 1. The summed E-state index contributed by atoms with van der Waals surface area (Å²) in [6, 6.07) is 0. The first kappa shape index (κ1) is 7.79. The highest BCUT2D eigenvalue weighted by Gasteiger charge is 2.05. The summed E-state index contributed by atoms with van der Waals surface area (Å²) in [5.74, 6) is 1.61. The Bertz CT molecular complexity index is 228. The average Bonchev–Trinajstić information content (AvgIpc) is 2.10. The van der Waals surface area contributed by atoms with E-state index in [0.29, 0.717) is 5.92 Å². The highest BCUT2D eigenvalue weighted by atomic mass is 79.9. The molecule has 0 saturated carbocycles. The highest BCUT2D eigenvalue weighted by molar-refractivity contribution is 9.10. The van der Waals surface area contributed by atoms with E-state index in [4.69, 9.17) is 0 Å². The fourth-order valence-electron chi connectivity index (χ4n) is 0.979. The maximum Gasteiger partial charge on any atom is 0.124 e. The van der Waals surface area contributed by atoms with Crippen molar-refractivity contribution in [1.82, 2.24) is 9.55 Å². The smallest absolute Gasteiger partial charge is 0.124 e. The summed E-state index contributed by atoms with van der Waals surface area (Å²) in [5.41, 5.74) is 0. The van der Waals surface area contributed by atoms with Gasteiger partial charge in [0, 0.05) is 19.2 Å². The number of nitrogens with zero attached hydrogens (tertiary/aromatic N) is 2. The Morgan fingerprint density at radius 1 is 1.60 bits per heavy atom. The second-order valence-corrected chi connectivity index (χ2v) is 3.50. The van der Waals surface area contributed by atoms with Crippen molar-refractivity contribution in [2.75, 3.05) is 0 Å². The molecule has 2 nitrogen and oxygen atoms in total. The Morgan fingerprint density at radius 2 is 2.20 bits per heavy atom. The average molecular weight is 203 g/mol. The van der Waals surface area contributed by atoms with Crippen molar-refractivity contribution in [3.63, 3.8) is 0 Å². The number of imidazole rings is 1. The maximum absolute atomic E-state index is 4.29. The van der Waals surface area contributed by atoms with Gasteiger partial charge in [0.15, 0.2) is 0 Å². The van der Waals surface area contributed by atoms with Gasteiger partial charge >= 0.3 is 0 Å². The lowest BCUT2D eigenvalue weighted by molar-refractivity contribution is 0.711. The third-order valence-electron chi connectivity index (χ3n) is 1.40. The molecule has 0 aliphatic carbocycles. The van der Waals surface area contributed by atoms with E-state index in [1.165, 1.54) is 0 Å². The van der Waals surface area contributed by atoms with Gasteiger partial charge in [0.25, 0.3) is 0 Å². The molecule has 3 heteroatoms. The third kappa shape index (κ3) is 1.40. The van der Waals surface area contributed by atoms with E-state index in [2.05, 4.69) is 34.8 Å². The molecular weight excluding hydrogens is 192 g/mol. The minimum Gasteiger partial charge on any atom is -0.337 e. The van der Waals surface area contributed by atoms with Gasteiger partial charge in [-0.25, -0.2) is 4.98 Å². The lowest BCUT2D eigenvalue weighted by Crippen LogP contribution is -1.98. The zero-order valence-electron chi connectivity index (χ0n) is 6.43. The summed E-state index contributed by atoms with van der Waals surface area (Å²) in [6.07, 6.45) is 1.97. The molecule has 0 spiro atoms. The Morgan fingerprint density at radius 3 is 2.40 bits per heavy atom. The summed E-state index contributed by atoms with van der Waals surface area (Å²) < 4.78 is 2.95. The third-order valence-corrected chi connectivity index (χ3v) is 1.78. The van der Waals surface area contributed by atoms with Crippen LogP contribution < -0.4 is 0 Å². The van der Waals surface area contributed by atoms with E-state index in [-0.39, 0.29) is 0 Å². The zero-order chi connectivity index (χ0) is 7.72. The molecular formula is C7H11BrN2. The predicted octanol–water partition coefficient (Wildman–Crippen LogP) is 2.31. The van der Waals surface area contributed by atoms with Crippen molar-refractivity contribution >= 4 is 15.9 Å². The molecule has 0 unspecified atom stereocenters. The normalized spacial score (nSPS) is 10.9. The summed E-state index contributed by atoms with van der Waals surface area (Å²) in [4.78, 5) is 4.29. The lowest BCUT2D eigenvalue weighted by Gasteiger charge is -2.02. The van der Waals surface area contributed by atoms with Crippen LogP contribution in [0.25, 0.3) is 0 Å². The molecule has 1 aromatic rings. The van der Waals surface area contributed by atoms with Crippen LogP contribution in [-0.2, 0) is 7.05 Å². The van der Waals surface area contributed by atoms with Gasteiger partial charge in [-0.05, 0) is 15.9 Å². The molecule has 0 aliphatic heterocycles. The molecule has 0 fully saturated rings. The van der Waals surface area contributed by atoms with Crippen molar-refractivity contribution < 1.29 is 0 Å². The monoisotopic (exact) mass is 202 g/mol. The number of aryl methyl sites for hydroxylation is 1. The van der Waals surface area contributed by atoms with Crippen molar-refractivity contribution in [3.05, 3.63) is 16.6 Å². The summed E-state index contributed by atoms with van der Waals surface area (Å²) in [7, 11) is 2.01. The van der Waals surface area contributed by atoms with E-state index in [0.717, 1.165) is 10.4 Å². The standard InChI is InChI=1S/C7H11BrN2/c1-5(2)7-9-6(8)4-10(7)3/h4-5H,1-3H3. The molecule has 1 aromatic heterocycles. The van der Waals surface area contributed by atoms with Crippen LogP contribution in [0.15, 0.2) is 10.8 Å². The largest absolute Gasteiger partial charge is 0.337 e. The molecule has 1 heterocycles. The number of hydrogen-bond acceptors (Lipinski definition) is 1. The highest BCUT2D eigenvalue weighted by Crippen LogP contribution is 2.15. The van der Waals surface area contributed by atoms with Crippen LogP contribution in [0.4, 0.5) is 0 Å². The first-order valence-corrected chi connectivity index (χ1v) is 4.09. The first-order valence-electron chi connectivity index (χ1n) is 3.30. The van der Waals surface area contributed by atoms with Gasteiger partial charge in [-0.15, -0.1) is 0 Å². The van der Waals surface area contributed by atoms with Gasteiger partial charge in [-0.1, -0.05) is 13.8 Å². The Hall–Kier alpha value is -0.310. The van der Waals surface area contributed by atoms with Crippen LogP contribution in [0.3, 0.4) is 0 Å². The van der Waals surface area contributed by atoms with Gasteiger partial charge in [-0.3, -0.25) is 0 Å². The minimum absolute atomic E-state index is 0.497. The molecule has 0 radical (unpaired) electrons. The Labute approximate surface area is 69.4 Å². The van der Waals surface area contributed by atoms with Crippen LogP contribution in [-0.4, -0.2) is 9.55 Å². The van der Waals surface area contributed by atoms with E-state index in [1.54, 1.807) is 0 Å². The van der Waals surface area contributed by atoms with E-state index >= 15 is 0 Å². The van der Waals surface area contributed by atoms with Crippen molar-refractivity contribution in [2.24, 2.45) is 7.05 Å². The molecule has 0 atom stereocenters. The summed E-state index contributed by atoms with van der Waals surface area (Å²) in [5, 5.41) is 0. The molecule has 0 aromatic carbocycles. The van der Waals surface area contributed by atoms with E-state index < -0.39 is 0 Å². The second-order valence-electron chi connectivity index (χ2n) is 2.69. The van der Waals surface area contributed by atoms with Crippen LogP contribution in [0.1, 0.15) is 25.6 Å². The molecule has 10 heavy (non-hydrogen) atoms. The molecule has 0 N–H and O–H groups in total. The van der Waals surface area contributed by atoms with Gasteiger partial charge in [0.2, 0.25) is 0 Å². The second kappa shape index (κ2) is 2.74. The summed E-state index contributed by atoms with van der Waals surface area (Å²) in [6.45, 7) is 4.27. The van der Waals surface area contributed by atoms with Crippen molar-refractivity contribution in [3.8, 4) is 0 Å². The van der Waals surface area contributed by atoms with Crippen LogP contribution in [0, 0.1) is 0 Å². The maximum atomic E-state index is 4.29. The van der Waals surface area contributed by atoms with E-state index in [9.17, 15) is 0 Å². The van der Waals surface area contributed by atoms with Crippen LogP contribution >= 0.6 is 15.9 Å². The summed E-state index contributed by atoms with van der Waals surface area (Å²) >= 11 is 3.32. The van der Waals surface area contributed by atoms with Gasteiger partial charge in [-0.2, -0.15) is 0 Å². The fourth-order valence-corrected chi connectivity index (χ4v) is 1.47. The van der Waals surface area contributed by atoms with Crippen molar-refractivity contribution in [2.45, 2.75) is 19.8 Å². The van der Waals surface area contributed by atoms with Crippen LogP contribution in [0.2, 0.25) is 0 Å². The lowest BCUT2D eigenvalue weighted by atomic mass is 10.2. The molecule has 1 rings (SSSR count). The first-order chi connectivity index (χ1) is 4.61. The SMILES string of the molecule is CC(C)c1nc(Br)cn1C. The molecule has 0 amide bonds. The molecule has 56 valence electrons. The van der Waals surface area contributed by atoms with Gasteiger partial charge in [0.05, 0.1) is 0 Å². The number of hydrogen-bond donors (Lipinski definition) is 0. The van der Waals surface area contributed by atoms with Crippen molar-refractivity contribution in [1.29, 1.82) is 0 Å². The minimum atomic E-state index is 0.497. The molecule has 0 saturated heterocycles. The fraction of sp³-hybridized carbons (Fsp3) is 0.571. The molecule has 0 bridgehead atoms. The number of aromatic nitrogens is 2.